The van der Waals surface area contributed by atoms with E-state index in [0.29, 0.717) is 18.9 Å². The van der Waals surface area contributed by atoms with Crippen molar-refractivity contribution < 1.29 is 0 Å². The van der Waals surface area contributed by atoms with Gasteiger partial charge in [0.15, 0.2) is 5.82 Å². The highest BCUT2D eigenvalue weighted by atomic mass is 15.4. The van der Waals surface area contributed by atoms with Crippen LogP contribution in [-0.2, 0) is 0 Å². The zero-order valence-electron chi connectivity index (χ0n) is 8.30. The Morgan fingerprint density at radius 3 is 2.67 bits per heavy atom. The largest absolute Gasteiger partial charge is 0.329 e. The highest BCUT2D eigenvalue weighted by Gasteiger charge is 2.03. The number of fused-ring (bicyclic) bond motifs is 1. The number of hydrazine groups is 1. The van der Waals surface area contributed by atoms with Crippen LogP contribution in [0.1, 0.15) is 0 Å². The van der Waals surface area contributed by atoms with E-state index in [-0.39, 0.29) is 0 Å². The van der Waals surface area contributed by atoms with Crippen LogP contribution in [0.5, 0.6) is 0 Å². The Labute approximate surface area is 87.7 Å². The molecule has 2 rings (SSSR count). The minimum Gasteiger partial charge on any atom is -0.329 e. The molecular formula is C10H13N5. The van der Waals surface area contributed by atoms with Gasteiger partial charge >= 0.3 is 0 Å². The lowest BCUT2D eigenvalue weighted by Crippen LogP contribution is -2.36. The van der Waals surface area contributed by atoms with Gasteiger partial charge in [0.1, 0.15) is 0 Å². The molecule has 0 spiro atoms. The Morgan fingerprint density at radius 2 is 1.93 bits per heavy atom. The number of nitrogens with zero attached hydrogens (tertiary/aromatic N) is 3. The minimum absolute atomic E-state index is 0.491. The summed E-state index contributed by atoms with van der Waals surface area (Å²) in [5.74, 6) is 6.39. The molecule has 0 atom stereocenters. The van der Waals surface area contributed by atoms with E-state index in [2.05, 4.69) is 9.97 Å². The van der Waals surface area contributed by atoms with Crippen LogP contribution in [0, 0.1) is 0 Å². The second-order valence-corrected chi connectivity index (χ2v) is 3.20. The molecule has 1 heterocycles. The first-order chi connectivity index (χ1) is 7.31. The summed E-state index contributed by atoms with van der Waals surface area (Å²) in [5.41, 5.74) is 7.11. The van der Waals surface area contributed by atoms with Crippen molar-refractivity contribution in [2.75, 3.05) is 18.1 Å². The highest BCUT2D eigenvalue weighted by Crippen LogP contribution is 2.12. The van der Waals surface area contributed by atoms with E-state index in [1.807, 2.05) is 24.3 Å². The summed E-state index contributed by atoms with van der Waals surface area (Å²) in [6.07, 6.45) is 1.65. The van der Waals surface area contributed by atoms with Gasteiger partial charge < -0.3 is 5.73 Å². The Kier molecular flexibility index (Phi) is 2.75. The number of para-hydroxylation sites is 2. The molecule has 78 valence electrons. The van der Waals surface area contributed by atoms with Gasteiger partial charge in [-0.1, -0.05) is 12.1 Å². The summed E-state index contributed by atoms with van der Waals surface area (Å²) < 4.78 is 0. The summed E-state index contributed by atoms with van der Waals surface area (Å²) in [6.45, 7) is 1.05. The third kappa shape index (κ3) is 2.03. The Bertz CT molecular complexity index is 456. The maximum atomic E-state index is 5.75. The second-order valence-electron chi connectivity index (χ2n) is 3.20. The molecule has 0 fully saturated rings. The van der Waals surface area contributed by atoms with Gasteiger partial charge in [-0.05, 0) is 12.1 Å². The second kappa shape index (κ2) is 4.20. The molecule has 5 nitrogen and oxygen atoms in total. The van der Waals surface area contributed by atoms with Crippen molar-refractivity contribution in [2.24, 2.45) is 11.6 Å². The third-order valence-electron chi connectivity index (χ3n) is 2.10. The van der Waals surface area contributed by atoms with Crippen molar-refractivity contribution in [3.05, 3.63) is 30.5 Å². The van der Waals surface area contributed by atoms with E-state index < -0.39 is 0 Å². The van der Waals surface area contributed by atoms with Crippen molar-refractivity contribution in [3.63, 3.8) is 0 Å². The zero-order chi connectivity index (χ0) is 10.7. The molecule has 0 amide bonds. The van der Waals surface area contributed by atoms with E-state index in [1.165, 1.54) is 5.01 Å². The van der Waals surface area contributed by atoms with E-state index in [1.54, 1.807) is 6.20 Å². The molecule has 0 radical (unpaired) electrons. The van der Waals surface area contributed by atoms with Crippen LogP contribution >= 0.6 is 0 Å². The summed E-state index contributed by atoms with van der Waals surface area (Å²) >= 11 is 0. The van der Waals surface area contributed by atoms with Gasteiger partial charge in [-0.3, -0.25) is 9.99 Å². The number of aromatic nitrogens is 2. The van der Waals surface area contributed by atoms with E-state index >= 15 is 0 Å². The Balaban J connectivity index is 2.38. The van der Waals surface area contributed by atoms with Crippen LogP contribution in [-0.4, -0.2) is 23.1 Å². The summed E-state index contributed by atoms with van der Waals surface area (Å²) in [5, 5.41) is 1.50. The van der Waals surface area contributed by atoms with Crippen LogP contribution < -0.4 is 16.6 Å². The van der Waals surface area contributed by atoms with Crippen LogP contribution in [0.25, 0.3) is 11.0 Å². The highest BCUT2D eigenvalue weighted by molar-refractivity contribution is 5.75. The number of nitrogens with two attached hydrogens (primary N) is 2. The first-order valence-corrected chi connectivity index (χ1v) is 4.75. The maximum absolute atomic E-state index is 5.75. The SMILES string of the molecule is NCCN(N)c1cnc2ccccc2n1. The van der Waals surface area contributed by atoms with Gasteiger partial charge in [0.25, 0.3) is 0 Å². The molecule has 0 aliphatic heterocycles. The molecule has 4 N–H and O–H groups in total. The third-order valence-corrected chi connectivity index (χ3v) is 2.10. The van der Waals surface area contributed by atoms with Crippen LogP contribution in [0.15, 0.2) is 30.5 Å². The zero-order valence-corrected chi connectivity index (χ0v) is 8.30. The van der Waals surface area contributed by atoms with Crippen molar-refractivity contribution in [2.45, 2.75) is 0 Å². The van der Waals surface area contributed by atoms with Gasteiger partial charge in [-0.25, -0.2) is 10.8 Å². The molecule has 15 heavy (non-hydrogen) atoms. The standard InChI is InChI=1S/C10H13N5/c11-5-6-15(12)10-7-13-8-3-1-2-4-9(8)14-10/h1-4,7H,5-6,11-12H2. The lowest BCUT2D eigenvalue weighted by atomic mass is 10.3. The Morgan fingerprint density at radius 1 is 1.20 bits per heavy atom. The quantitative estimate of drug-likeness (QED) is 0.552. The van der Waals surface area contributed by atoms with Crippen molar-refractivity contribution in [1.82, 2.24) is 9.97 Å². The fourth-order valence-corrected chi connectivity index (χ4v) is 1.34. The summed E-state index contributed by atoms with van der Waals surface area (Å²) in [4.78, 5) is 8.64. The number of hydrogen-bond acceptors (Lipinski definition) is 5. The molecule has 5 heteroatoms. The molecule has 0 unspecified atom stereocenters. The monoisotopic (exact) mass is 203 g/mol. The molecule has 1 aromatic heterocycles. The number of benzene rings is 1. The molecule has 0 bridgehead atoms. The van der Waals surface area contributed by atoms with Crippen molar-refractivity contribution >= 4 is 16.9 Å². The van der Waals surface area contributed by atoms with Crippen molar-refractivity contribution in [1.29, 1.82) is 0 Å². The molecule has 0 aliphatic carbocycles. The van der Waals surface area contributed by atoms with Gasteiger partial charge in [0.2, 0.25) is 0 Å². The molecular weight excluding hydrogens is 190 g/mol. The Hall–Kier alpha value is -1.72. The predicted octanol–water partition coefficient (Wildman–Crippen LogP) is 0.269. The molecule has 0 saturated carbocycles. The van der Waals surface area contributed by atoms with Crippen LogP contribution in [0.3, 0.4) is 0 Å². The number of anilines is 1. The van der Waals surface area contributed by atoms with Gasteiger partial charge in [0, 0.05) is 13.1 Å². The number of rotatable bonds is 3. The average Bonchev–Trinajstić information content (AvgIpc) is 2.29. The summed E-state index contributed by atoms with van der Waals surface area (Å²) in [6, 6.07) is 7.67. The molecule has 0 saturated heterocycles. The first-order valence-electron chi connectivity index (χ1n) is 4.75. The van der Waals surface area contributed by atoms with E-state index in [4.69, 9.17) is 11.6 Å². The van der Waals surface area contributed by atoms with Gasteiger partial charge in [0.05, 0.1) is 17.2 Å². The number of hydrogen-bond donors (Lipinski definition) is 2. The molecule has 2 aromatic rings. The lowest BCUT2D eigenvalue weighted by Gasteiger charge is -2.15. The lowest BCUT2D eigenvalue weighted by molar-refractivity contribution is 0.816. The van der Waals surface area contributed by atoms with E-state index in [9.17, 15) is 0 Å². The smallest absolute Gasteiger partial charge is 0.161 e. The summed E-state index contributed by atoms with van der Waals surface area (Å²) in [7, 11) is 0. The van der Waals surface area contributed by atoms with Crippen LogP contribution in [0.4, 0.5) is 5.82 Å². The topological polar surface area (TPSA) is 81.1 Å². The van der Waals surface area contributed by atoms with E-state index in [0.717, 1.165) is 11.0 Å². The van der Waals surface area contributed by atoms with Gasteiger partial charge in [-0.2, -0.15) is 0 Å². The average molecular weight is 203 g/mol. The first kappa shape index (κ1) is 9.82. The molecule has 0 aliphatic rings. The maximum Gasteiger partial charge on any atom is 0.161 e. The molecule has 1 aromatic carbocycles. The fourth-order valence-electron chi connectivity index (χ4n) is 1.34. The van der Waals surface area contributed by atoms with Gasteiger partial charge in [-0.15, -0.1) is 0 Å². The fraction of sp³-hybridized carbons (Fsp3) is 0.200. The minimum atomic E-state index is 0.491. The predicted molar refractivity (Wildman–Crippen MR) is 60.1 cm³/mol. The van der Waals surface area contributed by atoms with Crippen molar-refractivity contribution in [3.8, 4) is 0 Å². The van der Waals surface area contributed by atoms with Crippen LogP contribution in [0.2, 0.25) is 0 Å². The normalized spacial score (nSPS) is 10.5.